The van der Waals surface area contributed by atoms with Crippen molar-refractivity contribution in [3.63, 3.8) is 0 Å². The van der Waals surface area contributed by atoms with E-state index in [2.05, 4.69) is 10.4 Å². The number of hydrogen-bond acceptors (Lipinski definition) is 4. The molecule has 162 valence electrons. The summed E-state index contributed by atoms with van der Waals surface area (Å²) in [7, 11) is 0. The summed E-state index contributed by atoms with van der Waals surface area (Å²) in [5, 5.41) is 7.76. The van der Waals surface area contributed by atoms with Gasteiger partial charge in [0.25, 0.3) is 0 Å². The summed E-state index contributed by atoms with van der Waals surface area (Å²) < 4.78 is 26.2. The predicted molar refractivity (Wildman–Crippen MR) is 115 cm³/mol. The average molecular weight is 445 g/mol. The van der Waals surface area contributed by atoms with Gasteiger partial charge in [0.15, 0.2) is 0 Å². The Morgan fingerprint density at radius 2 is 2.00 bits per heavy atom. The quantitative estimate of drug-likeness (QED) is 0.623. The zero-order chi connectivity index (χ0) is 21.6. The van der Waals surface area contributed by atoms with Crippen molar-refractivity contribution < 1.29 is 18.7 Å². The molecule has 1 aliphatic rings. The second-order valence-corrected chi connectivity index (χ2v) is 7.62. The maximum absolute atomic E-state index is 13.0. The number of urea groups is 1. The van der Waals surface area contributed by atoms with E-state index in [1.165, 1.54) is 12.1 Å². The number of halogens is 2. The minimum Gasteiger partial charge on any atom is -0.491 e. The number of carbonyl (C=O) groups is 1. The molecule has 31 heavy (non-hydrogen) atoms. The van der Waals surface area contributed by atoms with E-state index >= 15 is 0 Å². The molecule has 7 nitrogen and oxygen atoms in total. The number of morpholine rings is 1. The summed E-state index contributed by atoms with van der Waals surface area (Å²) >= 11 is 5.88. The largest absolute Gasteiger partial charge is 0.491 e. The van der Waals surface area contributed by atoms with Crippen LogP contribution in [0.15, 0.2) is 60.9 Å². The van der Waals surface area contributed by atoms with Gasteiger partial charge < -0.3 is 19.7 Å². The van der Waals surface area contributed by atoms with E-state index in [1.54, 1.807) is 58.4 Å². The lowest BCUT2D eigenvalue weighted by atomic mass is 10.2. The van der Waals surface area contributed by atoms with Crippen LogP contribution in [0.3, 0.4) is 0 Å². The molecule has 0 saturated carbocycles. The first kappa shape index (κ1) is 21.1. The summed E-state index contributed by atoms with van der Waals surface area (Å²) in [6.07, 6.45) is 3.10. The van der Waals surface area contributed by atoms with E-state index in [0.717, 1.165) is 5.56 Å². The number of nitrogens with zero attached hydrogens (tertiary/aromatic N) is 3. The number of nitrogens with one attached hydrogen (secondary N) is 1. The van der Waals surface area contributed by atoms with Crippen LogP contribution in [0.1, 0.15) is 5.56 Å². The van der Waals surface area contributed by atoms with Crippen molar-refractivity contribution >= 4 is 23.3 Å². The Morgan fingerprint density at radius 3 is 2.77 bits per heavy atom. The van der Waals surface area contributed by atoms with E-state index in [4.69, 9.17) is 21.1 Å². The number of rotatable bonds is 6. The van der Waals surface area contributed by atoms with Gasteiger partial charge in [-0.05, 0) is 42.0 Å². The molecular formula is C22H22ClFN4O3. The van der Waals surface area contributed by atoms with Crippen LogP contribution >= 0.6 is 11.6 Å². The highest BCUT2D eigenvalue weighted by Crippen LogP contribution is 2.17. The standard InChI is InChI=1S/C22H22ClFN4O3/c23-17-3-7-20(8-4-17)31-15-21-14-27(9-10-30-21)22(29)26-19-11-25-28(13-19)12-16-1-5-18(24)6-2-16/h1-8,11,13,21H,9-10,12,14-15H2,(H,26,29). The molecule has 1 fully saturated rings. The van der Waals surface area contributed by atoms with Crippen LogP contribution in [0.2, 0.25) is 5.02 Å². The maximum Gasteiger partial charge on any atom is 0.322 e. The normalized spacial score (nSPS) is 16.2. The fourth-order valence-electron chi connectivity index (χ4n) is 3.22. The van der Waals surface area contributed by atoms with E-state index in [1.807, 2.05) is 0 Å². The number of hydrogen-bond donors (Lipinski definition) is 1. The van der Waals surface area contributed by atoms with Crippen LogP contribution in [-0.2, 0) is 11.3 Å². The summed E-state index contributed by atoms with van der Waals surface area (Å²) in [6, 6.07) is 13.1. The molecule has 1 saturated heterocycles. The minimum absolute atomic E-state index is 0.221. The Labute approximate surface area is 184 Å². The first-order chi connectivity index (χ1) is 15.0. The number of carbonyl (C=O) groups excluding carboxylic acids is 1. The van der Waals surface area contributed by atoms with Crippen LogP contribution in [0.25, 0.3) is 0 Å². The fourth-order valence-corrected chi connectivity index (χ4v) is 3.34. The van der Waals surface area contributed by atoms with E-state index in [9.17, 15) is 9.18 Å². The molecule has 3 aromatic rings. The molecule has 1 aromatic heterocycles. The molecule has 1 unspecified atom stereocenters. The van der Waals surface area contributed by atoms with Crippen molar-refractivity contribution in [2.24, 2.45) is 0 Å². The molecular weight excluding hydrogens is 423 g/mol. The minimum atomic E-state index is -0.278. The van der Waals surface area contributed by atoms with Gasteiger partial charge >= 0.3 is 6.03 Å². The number of aromatic nitrogens is 2. The topological polar surface area (TPSA) is 68.6 Å². The lowest BCUT2D eigenvalue weighted by molar-refractivity contribution is -0.0336. The second-order valence-electron chi connectivity index (χ2n) is 7.19. The Kier molecular flexibility index (Phi) is 6.69. The van der Waals surface area contributed by atoms with Gasteiger partial charge in [0.1, 0.15) is 24.3 Å². The van der Waals surface area contributed by atoms with E-state index < -0.39 is 0 Å². The van der Waals surface area contributed by atoms with Gasteiger partial charge in [-0.25, -0.2) is 9.18 Å². The molecule has 2 heterocycles. The van der Waals surface area contributed by atoms with Gasteiger partial charge in [-0.3, -0.25) is 4.68 Å². The molecule has 9 heteroatoms. The number of ether oxygens (including phenoxy) is 2. The highest BCUT2D eigenvalue weighted by molar-refractivity contribution is 6.30. The maximum atomic E-state index is 13.0. The highest BCUT2D eigenvalue weighted by atomic mass is 35.5. The molecule has 0 aliphatic carbocycles. The Bertz CT molecular complexity index is 1010. The van der Waals surface area contributed by atoms with Crippen LogP contribution < -0.4 is 10.1 Å². The first-order valence-corrected chi connectivity index (χ1v) is 10.3. The van der Waals surface area contributed by atoms with Gasteiger partial charge in [-0.1, -0.05) is 23.7 Å². The summed E-state index contributed by atoms with van der Waals surface area (Å²) in [4.78, 5) is 14.3. The first-order valence-electron chi connectivity index (χ1n) is 9.88. The van der Waals surface area contributed by atoms with E-state index in [0.29, 0.717) is 49.3 Å². The van der Waals surface area contributed by atoms with Gasteiger partial charge in [0.2, 0.25) is 0 Å². The smallest absolute Gasteiger partial charge is 0.322 e. The second kappa shape index (κ2) is 9.80. The van der Waals surface area contributed by atoms with Crippen molar-refractivity contribution in [3.8, 4) is 5.75 Å². The highest BCUT2D eigenvalue weighted by Gasteiger charge is 2.25. The summed E-state index contributed by atoms with van der Waals surface area (Å²) in [6.45, 7) is 2.17. The fraction of sp³-hybridized carbons (Fsp3) is 0.273. The van der Waals surface area contributed by atoms with Gasteiger partial charge in [-0.2, -0.15) is 5.10 Å². The van der Waals surface area contributed by atoms with E-state index in [-0.39, 0.29) is 18.0 Å². The van der Waals surface area contributed by atoms with Crippen LogP contribution in [0.4, 0.5) is 14.9 Å². The van der Waals surface area contributed by atoms with Gasteiger partial charge in [-0.15, -0.1) is 0 Å². The molecule has 2 aromatic carbocycles. The lowest BCUT2D eigenvalue weighted by Crippen LogP contribution is -2.49. The third-order valence-electron chi connectivity index (χ3n) is 4.82. The van der Waals surface area contributed by atoms with Crippen molar-refractivity contribution in [2.75, 3.05) is 31.6 Å². The molecule has 0 radical (unpaired) electrons. The predicted octanol–water partition coefficient (Wildman–Crippen LogP) is 4.04. The molecule has 1 N–H and O–H groups in total. The third-order valence-corrected chi connectivity index (χ3v) is 5.07. The summed E-state index contributed by atoms with van der Waals surface area (Å²) in [5.74, 6) is 0.419. The van der Waals surface area contributed by atoms with Crippen molar-refractivity contribution in [1.82, 2.24) is 14.7 Å². The Morgan fingerprint density at radius 1 is 1.23 bits per heavy atom. The van der Waals surface area contributed by atoms with Gasteiger partial charge in [0, 0.05) is 17.8 Å². The third kappa shape index (κ3) is 5.96. The number of anilines is 1. The zero-order valence-electron chi connectivity index (χ0n) is 16.7. The summed E-state index contributed by atoms with van der Waals surface area (Å²) in [5.41, 5.74) is 1.51. The van der Waals surface area contributed by atoms with Crippen LogP contribution in [-0.4, -0.2) is 53.1 Å². The lowest BCUT2D eigenvalue weighted by Gasteiger charge is -2.32. The number of benzene rings is 2. The van der Waals surface area contributed by atoms with Crippen LogP contribution in [0, 0.1) is 5.82 Å². The number of amides is 2. The Balaban J connectivity index is 1.27. The average Bonchev–Trinajstić information content (AvgIpc) is 3.22. The zero-order valence-corrected chi connectivity index (χ0v) is 17.5. The molecule has 0 spiro atoms. The molecule has 4 rings (SSSR count). The SMILES string of the molecule is O=C(Nc1cnn(Cc2ccc(F)cc2)c1)N1CCOC(COc2ccc(Cl)cc2)C1. The molecule has 1 atom stereocenters. The molecule has 0 bridgehead atoms. The Hall–Kier alpha value is -3.10. The van der Waals surface area contributed by atoms with Crippen LogP contribution in [0.5, 0.6) is 5.75 Å². The molecule has 2 amide bonds. The van der Waals surface area contributed by atoms with Crippen molar-refractivity contribution in [2.45, 2.75) is 12.6 Å². The van der Waals surface area contributed by atoms with Gasteiger partial charge in [0.05, 0.1) is 31.6 Å². The monoisotopic (exact) mass is 444 g/mol. The molecule has 1 aliphatic heterocycles. The van der Waals surface area contributed by atoms with Crippen molar-refractivity contribution in [1.29, 1.82) is 0 Å². The van der Waals surface area contributed by atoms with Crippen molar-refractivity contribution in [3.05, 3.63) is 77.3 Å².